The maximum Gasteiger partial charge on any atom is 0.416 e. The van der Waals surface area contributed by atoms with Gasteiger partial charge < -0.3 is 15.1 Å². The van der Waals surface area contributed by atoms with Crippen molar-refractivity contribution in [2.24, 2.45) is 0 Å². The summed E-state index contributed by atoms with van der Waals surface area (Å²) in [5, 5.41) is 4.37. The standard InChI is InChI=1S/C20H22F3N3O2S/c1-25-8-10-26(11-9-25)16-5-4-14(20(21,22)23)13-15(16)24-19(28)7-6-17(27)18-3-2-12-29-18/h2-5,12-13H,6-11H2,1H3,(H,24,28). The molecule has 1 aromatic carbocycles. The van der Waals surface area contributed by atoms with E-state index in [1.165, 1.54) is 17.4 Å². The first-order valence-electron chi connectivity index (χ1n) is 9.25. The highest BCUT2D eigenvalue weighted by Gasteiger charge is 2.32. The number of Topliss-reactive ketones (excluding diaryl/α,β-unsaturated/α-hetero) is 1. The van der Waals surface area contributed by atoms with Gasteiger partial charge in [0.25, 0.3) is 0 Å². The summed E-state index contributed by atoms with van der Waals surface area (Å²) in [5.74, 6) is -0.636. The lowest BCUT2D eigenvalue weighted by Gasteiger charge is -2.35. The lowest BCUT2D eigenvalue weighted by atomic mass is 10.1. The SMILES string of the molecule is CN1CCN(c2ccc(C(F)(F)F)cc2NC(=O)CCC(=O)c2cccs2)CC1. The molecular weight excluding hydrogens is 403 g/mol. The molecule has 1 amide bonds. The van der Waals surface area contributed by atoms with E-state index in [4.69, 9.17) is 0 Å². The number of carbonyl (C=O) groups is 2. The van der Waals surface area contributed by atoms with Crippen LogP contribution < -0.4 is 10.2 Å². The molecule has 1 aromatic heterocycles. The molecule has 0 unspecified atom stereocenters. The molecule has 0 atom stereocenters. The van der Waals surface area contributed by atoms with Crippen molar-refractivity contribution in [2.45, 2.75) is 19.0 Å². The molecule has 2 aromatic rings. The Bertz CT molecular complexity index is 860. The van der Waals surface area contributed by atoms with E-state index in [0.717, 1.165) is 25.2 Å². The third kappa shape index (κ3) is 5.57. The molecule has 9 heteroatoms. The van der Waals surface area contributed by atoms with Crippen molar-refractivity contribution in [2.75, 3.05) is 43.4 Å². The number of halogens is 3. The van der Waals surface area contributed by atoms with E-state index in [-0.39, 0.29) is 24.3 Å². The summed E-state index contributed by atoms with van der Waals surface area (Å²) in [5.41, 5.74) is -0.137. The van der Waals surface area contributed by atoms with E-state index >= 15 is 0 Å². The first-order chi connectivity index (χ1) is 13.7. The van der Waals surface area contributed by atoms with Crippen LogP contribution in [0.15, 0.2) is 35.7 Å². The average molecular weight is 425 g/mol. The van der Waals surface area contributed by atoms with Gasteiger partial charge in [-0.25, -0.2) is 0 Å². The van der Waals surface area contributed by atoms with Gasteiger partial charge in [-0.05, 0) is 36.7 Å². The summed E-state index contributed by atoms with van der Waals surface area (Å²) in [6, 6.07) is 6.84. The van der Waals surface area contributed by atoms with Crippen LogP contribution in [0.3, 0.4) is 0 Å². The molecule has 0 aliphatic carbocycles. The maximum absolute atomic E-state index is 13.2. The predicted molar refractivity (Wildman–Crippen MR) is 108 cm³/mol. The summed E-state index contributed by atoms with van der Waals surface area (Å²) in [6.07, 6.45) is -4.58. The summed E-state index contributed by atoms with van der Waals surface area (Å²) in [4.78, 5) is 29.1. The van der Waals surface area contributed by atoms with Crippen LogP contribution in [-0.2, 0) is 11.0 Å². The second kappa shape index (κ2) is 8.96. The number of ketones is 1. The van der Waals surface area contributed by atoms with Gasteiger partial charge in [-0.3, -0.25) is 9.59 Å². The molecule has 1 saturated heterocycles. The highest BCUT2D eigenvalue weighted by atomic mass is 32.1. The molecule has 0 bridgehead atoms. The second-order valence-electron chi connectivity index (χ2n) is 6.97. The Morgan fingerprint density at radius 2 is 1.83 bits per heavy atom. The minimum absolute atomic E-state index is 0.00908. The van der Waals surface area contributed by atoms with Gasteiger partial charge >= 0.3 is 6.18 Å². The highest BCUT2D eigenvalue weighted by molar-refractivity contribution is 7.12. The molecule has 156 valence electrons. The number of alkyl halides is 3. The fraction of sp³-hybridized carbons (Fsp3) is 0.400. The van der Waals surface area contributed by atoms with Crippen LogP contribution in [-0.4, -0.2) is 49.8 Å². The van der Waals surface area contributed by atoms with E-state index < -0.39 is 17.6 Å². The Labute approximate surface area is 171 Å². The summed E-state index contributed by atoms with van der Waals surface area (Å²) in [7, 11) is 1.98. The van der Waals surface area contributed by atoms with Crippen molar-refractivity contribution < 1.29 is 22.8 Å². The van der Waals surface area contributed by atoms with Crippen molar-refractivity contribution in [1.29, 1.82) is 0 Å². The fourth-order valence-corrected chi connectivity index (χ4v) is 3.83. The maximum atomic E-state index is 13.2. The Morgan fingerprint density at radius 3 is 2.45 bits per heavy atom. The van der Waals surface area contributed by atoms with Gasteiger partial charge in [-0.1, -0.05) is 6.07 Å². The van der Waals surface area contributed by atoms with E-state index in [2.05, 4.69) is 10.2 Å². The van der Waals surface area contributed by atoms with E-state index in [0.29, 0.717) is 23.7 Å². The van der Waals surface area contributed by atoms with Crippen LogP contribution in [0.5, 0.6) is 0 Å². The minimum Gasteiger partial charge on any atom is -0.367 e. The highest BCUT2D eigenvalue weighted by Crippen LogP contribution is 2.36. The summed E-state index contributed by atoms with van der Waals surface area (Å²) in [6.45, 7) is 2.87. The van der Waals surface area contributed by atoms with E-state index in [1.807, 2.05) is 11.9 Å². The lowest BCUT2D eigenvalue weighted by molar-refractivity contribution is -0.137. The number of amides is 1. The molecule has 1 aliphatic rings. The minimum atomic E-state index is -4.50. The van der Waals surface area contributed by atoms with E-state index in [1.54, 1.807) is 17.5 Å². The molecule has 1 aliphatic heterocycles. The van der Waals surface area contributed by atoms with Gasteiger partial charge in [0, 0.05) is 39.0 Å². The molecule has 0 saturated carbocycles. The number of carbonyl (C=O) groups excluding carboxylic acids is 2. The predicted octanol–water partition coefficient (Wildman–Crippen LogP) is 4.12. The zero-order chi connectivity index (χ0) is 21.0. The topological polar surface area (TPSA) is 52.6 Å². The Kier molecular flexibility index (Phi) is 6.59. The molecule has 1 fully saturated rings. The second-order valence-corrected chi connectivity index (χ2v) is 7.92. The van der Waals surface area contributed by atoms with Crippen LogP contribution in [0.1, 0.15) is 28.1 Å². The lowest BCUT2D eigenvalue weighted by Crippen LogP contribution is -2.44. The van der Waals surface area contributed by atoms with Gasteiger partial charge in [-0.15, -0.1) is 11.3 Å². The van der Waals surface area contributed by atoms with Crippen molar-refractivity contribution in [3.63, 3.8) is 0 Å². The smallest absolute Gasteiger partial charge is 0.367 e. The number of likely N-dealkylation sites (N-methyl/N-ethyl adjacent to an activating group) is 1. The van der Waals surface area contributed by atoms with Gasteiger partial charge in [0.1, 0.15) is 0 Å². The molecular formula is C20H22F3N3O2S. The monoisotopic (exact) mass is 425 g/mol. The average Bonchev–Trinajstić information content (AvgIpc) is 3.21. The number of hydrogen-bond donors (Lipinski definition) is 1. The number of piperazine rings is 1. The van der Waals surface area contributed by atoms with Crippen LogP contribution in [0.25, 0.3) is 0 Å². The van der Waals surface area contributed by atoms with Gasteiger partial charge in [0.15, 0.2) is 5.78 Å². The van der Waals surface area contributed by atoms with Crippen molar-refractivity contribution in [1.82, 2.24) is 4.90 Å². The van der Waals surface area contributed by atoms with Crippen LogP contribution in [0, 0.1) is 0 Å². The number of benzene rings is 1. The third-order valence-electron chi connectivity index (χ3n) is 4.82. The van der Waals surface area contributed by atoms with Crippen LogP contribution in [0.2, 0.25) is 0 Å². The molecule has 2 heterocycles. The first kappa shape index (κ1) is 21.3. The Balaban J connectivity index is 1.74. The number of rotatable bonds is 6. The van der Waals surface area contributed by atoms with E-state index in [9.17, 15) is 22.8 Å². The molecule has 1 N–H and O–H groups in total. The fourth-order valence-electron chi connectivity index (χ4n) is 3.14. The number of nitrogens with zero attached hydrogens (tertiary/aromatic N) is 2. The zero-order valence-electron chi connectivity index (χ0n) is 16.0. The Hall–Kier alpha value is -2.39. The molecule has 0 radical (unpaired) electrons. The van der Waals surface area contributed by atoms with Crippen molar-refractivity contribution in [3.8, 4) is 0 Å². The number of anilines is 2. The number of nitrogens with one attached hydrogen (secondary N) is 1. The largest absolute Gasteiger partial charge is 0.416 e. The van der Waals surface area contributed by atoms with Gasteiger partial charge in [0.05, 0.1) is 21.8 Å². The summed E-state index contributed by atoms with van der Waals surface area (Å²) >= 11 is 1.30. The normalized spacial score (nSPS) is 15.4. The van der Waals surface area contributed by atoms with Crippen LogP contribution >= 0.6 is 11.3 Å². The number of hydrogen-bond acceptors (Lipinski definition) is 5. The Morgan fingerprint density at radius 1 is 1.10 bits per heavy atom. The molecule has 5 nitrogen and oxygen atoms in total. The third-order valence-corrected chi connectivity index (χ3v) is 5.73. The van der Waals surface area contributed by atoms with Crippen molar-refractivity contribution >= 4 is 34.4 Å². The quantitative estimate of drug-likeness (QED) is 0.708. The zero-order valence-corrected chi connectivity index (χ0v) is 16.8. The van der Waals surface area contributed by atoms with Crippen molar-refractivity contribution in [3.05, 3.63) is 46.2 Å². The van der Waals surface area contributed by atoms with Gasteiger partial charge in [-0.2, -0.15) is 13.2 Å². The first-order valence-corrected chi connectivity index (χ1v) is 10.1. The van der Waals surface area contributed by atoms with Gasteiger partial charge in [0.2, 0.25) is 5.91 Å². The number of thiophene rings is 1. The molecule has 29 heavy (non-hydrogen) atoms. The molecule has 3 rings (SSSR count). The molecule has 0 spiro atoms. The van der Waals surface area contributed by atoms with Crippen LogP contribution in [0.4, 0.5) is 24.5 Å². The summed E-state index contributed by atoms with van der Waals surface area (Å²) < 4.78 is 39.5.